The first-order valence-electron chi connectivity index (χ1n) is 23.4. The second kappa shape index (κ2) is 23.0. The van der Waals surface area contributed by atoms with Crippen LogP contribution in [-0.2, 0) is 23.8 Å². The van der Waals surface area contributed by atoms with Gasteiger partial charge in [-0.05, 0) is 124 Å². The van der Waals surface area contributed by atoms with Gasteiger partial charge < -0.3 is 24.2 Å². The van der Waals surface area contributed by atoms with Crippen molar-refractivity contribution in [2.24, 2.45) is 55.7 Å². The van der Waals surface area contributed by atoms with Gasteiger partial charge in [0.05, 0.1) is 24.5 Å². The van der Waals surface area contributed by atoms with Crippen LogP contribution in [0, 0.1) is 61.1 Å². The topological polar surface area (TPSA) is 109 Å². The quantitative estimate of drug-likeness (QED) is 0.0321. The highest BCUT2D eigenvalue weighted by Crippen LogP contribution is 2.68. The Morgan fingerprint density at radius 1 is 0.741 bits per heavy atom. The van der Waals surface area contributed by atoms with Crippen molar-refractivity contribution in [3.63, 3.8) is 0 Å². The Morgan fingerprint density at radius 2 is 1.31 bits per heavy atom. The van der Waals surface area contributed by atoms with E-state index in [1.165, 1.54) is 0 Å². The number of nitrogens with one attached hydrogen (secondary N) is 1. The Hall–Kier alpha value is -1.67. The average molecular weight is 821 g/mol. The zero-order valence-electron chi connectivity index (χ0n) is 41.3. The van der Waals surface area contributed by atoms with Crippen molar-refractivity contribution in [1.82, 2.24) is 4.90 Å². The number of ether oxygens (including phenoxy) is 3. The number of carbonyl (C=O) groups is 2. The Bertz CT molecular complexity index is 1250. The van der Waals surface area contributed by atoms with Gasteiger partial charge in [-0.2, -0.15) is 0 Å². The second-order valence-corrected chi connectivity index (χ2v) is 23.2. The second-order valence-electron chi connectivity index (χ2n) is 23.2. The standard InChI is InChI=1S/C50H96N2O6/c1-18-20-33-56-41(51)38(36-45(6,7)27-22-24-30-49(14)39(40(49)44(3,4)5)42(54)57-34-26-25-32-53)47(10,11)29-23-21-28-46(8,9)37-50(15,48(12,13)19-2)43(55)58-35-31-52(16)17/h38-40,51,53H,18-37H2,1-17H3. The molecule has 5 atom stereocenters. The number of nitrogens with zero attached hydrogens (tertiary/aromatic N) is 1. The first-order valence-corrected chi connectivity index (χ1v) is 23.4. The summed E-state index contributed by atoms with van der Waals surface area (Å²) in [6.45, 7) is 36.2. The number of hydrogen-bond donors (Lipinski definition) is 2. The van der Waals surface area contributed by atoms with Gasteiger partial charge in [0.2, 0.25) is 0 Å². The van der Waals surface area contributed by atoms with Gasteiger partial charge in [-0.25, -0.2) is 0 Å². The highest BCUT2D eigenvalue weighted by molar-refractivity contribution is 5.78. The fourth-order valence-corrected chi connectivity index (χ4v) is 10.0. The summed E-state index contributed by atoms with van der Waals surface area (Å²) >= 11 is 0. The van der Waals surface area contributed by atoms with Crippen LogP contribution in [0.1, 0.15) is 200 Å². The first kappa shape index (κ1) is 54.3. The van der Waals surface area contributed by atoms with Crippen LogP contribution in [0.15, 0.2) is 0 Å². The van der Waals surface area contributed by atoms with Crippen LogP contribution in [0.3, 0.4) is 0 Å². The van der Waals surface area contributed by atoms with E-state index < -0.39 is 5.41 Å². The summed E-state index contributed by atoms with van der Waals surface area (Å²) in [4.78, 5) is 28.9. The molecule has 1 fully saturated rings. The third-order valence-electron chi connectivity index (χ3n) is 14.6. The molecule has 1 aliphatic rings. The highest BCUT2D eigenvalue weighted by atomic mass is 16.5. The van der Waals surface area contributed by atoms with Crippen LogP contribution in [0.25, 0.3) is 0 Å². The minimum absolute atomic E-state index is 0.0224. The van der Waals surface area contributed by atoms with Crippen molar-refractivity contribution >= 4 is 17.8 Å². The van der Waals surface area contributed by atoms with E-state index in [2.05, 4.69) is 104 Å². The maximum absolute atomic E-state index is 13.7. The molecule has 0 amide bonds. The van der Waals surface area contributed by atoms with Gasteiger partial charge >= 0.3 is 11.9 Å². The molecule has 0 heterocycles. The van der Waals surface area contributed by atoms with E-state index in [9.17, 15) is 15.0 Å². The molecule has 0 bridgehead atoms. The predicted octanol–water partition coefficient (Wildman–Crippen LogP) is 12.5. The van der Waals surface area contributed by atoms with Crippen molar-refractivity contribution in [2.45, 2.75) is 200 Å². The van der Waals surface area contributed by atoms with Gasteiger partial charge in [0.25, 0.3) is 0 Å². The molecule has 8 heteroatoms. The predicted molar refractivity (Wildman–Crippen MR) is 243 cm³/mol. The zero-order valence-corrected chi connectivity index (χ0v) is 41.3. The number of aliphatic hydroxyl groups is 1. The molecule has 2 N–H and O–H groups in total. The van der Waals surface area contributed by atoms with E-state index in [4.69, 9.17) is 19.3 Å². The minimum atomic E-state index is -0.586. The van der Waals surface area contributed by atoms with Gasteiger partial charge in [-0.15, -0.1) is 0 Å². The molecule has 342 valence electrons. The molecule has 0 aromatic rings. The fraction of sp³-hybridized carbons (Fsp3) is 0.940. The highest BCUT2D eigenvalue weighted by Gasteiger charge is 2.68. The lowest BCUT2D eigenvalue weighted by molar-refractivity contribution is -0.166. The number of esters is 2. The largest absolute Gasteiger partial charge is 0.481 e. The molecule has 0 spiro atoms. The summed E-state index contributed by atoms with van der Waals surface area (Å²) in [7, 11) is 4.00. The molecule has 0 aromatic carbocycles. The van der Waals surface area contributed by atoms with E-state index in [-0.39, 0.29) is 62.9 Å². The zero-order chi connectivity index (χ0) is 44.8. The van der Waals surface area contributed by atoms with Crippen molar-refractivity contribution in [2.75, 3.05) is 47.1 Å². The third kappa shape index (κ3) is 16.7. The van der Waals surface area contributed by atoms with E-state index in [1.54, 1.807) is 0 Å². The van der Waals surface area contributed by atoms with Crippen molar-refractivity contribution in [3.05, 3.63) is 0 Å². The van der Waals surface area contributed by atoms with Crippen molar-refractivity contribution in [3.8, 4) is 0 Å². The van der Waals surface area contributed by atoms with Crippen LogP contribution >= 0.6 is 0 Å². The summed E-state index contributed by atoms with van der Waals surface area (Å²) in [5, 5.41) is 18.3. The molecular weight excluding hydrogens is 725 g/mol. The monoisotopic (exact) mass is 821 g/mol. The number of carbonyl (C=O) groups excluding carboxylic acids is 2. The number of aliphatic hydroxyl groups excluding tert-OH is 1. The lowest BCUT2D eigenvalue weighted by Crippen LogP contribution is -2.46. The van der Waals surface area contributed by atoms with E-state index >= 15 is 0 Å². The number of likely N-dealkylation sites (N-methyl/N-ethyl adjacent to an activating group) is 1. The fourth-order valence-electron chi connectivity index (χ4n) is 10.0. The molecule has 0 aliphatic heterocycles. The SMILES string of the molecule is CCCCOC(=N)C(CC(C)(C)CCCCC1(C)C(C(=O)OCCCCO)C1C(C)(C)C)C(C)(C)CCCCC(C)(C)CC(C)(C(=O)OCCN(C)C)C(C)(C)CC. The average Bonchev–Trinajstić information content (AvgIpc) is 3.75. The summed E-state index contributed by atoms with van der Waals surface area (Å²) in [5.41, 5.74) is -0.910. The molecular formula is C50H96N2O6. The number of rotatable bonds is 30. The maximum atomic E-state index is 13.7. The van der Waals surface area contributed by atoms with Gasteiger partial charge in [0.1, 0.15) is 6.61 Å². The summed E-state index contributed by atoms with van der Waals surface area (Å²) in [6.07, 6.45) is 14.3. The molecule has 5 unspecified atom stereocenters. The summed E-state index contributed by atoms with van der Waals surface area (Å²) in [5.74, 6) is 0.565. The molecule has 0 saturated heterocycles. The van der Waals surface area contributed by atoms with Crippen LogP contribution in [0.4, 0.5) is 0 Å². The van der Waals surface area contributed by atoms with Gasteiger partial charge in [0.15, 0.2) is 5.90 Å². The molecule has 1 rings (SSSR count). The summed E-state index contributed by atoms with van der Waals surface area (Å²) in [6, 6.07) is 0. The Balaban J connectivity index is 2.98. The third-order valence-corrected chi connectivity index (χ3v) is 14.6. The molecule has 58 heavy (non-hydrogen) atoms. The van der Waals surface area contributed by atoms with Crippen LogP contribution < -0.4 is 0 Å². The van der Waals surface area contributed by atoms with E-state index in [0.29, 0.717) is 44.5 Å². The maximum Gasteiger partial charge on any atom is 0.312 e. The van der Waals surface area contributed by atoms with Crippen molar-refractivity contribution < 1.29 is 28.9 Å². The number of hydrogen-bond acceptors (Lipinski definition) is 8. The molecule has 8 nitrogen and oxygen atoms in total. The first-order chi connectivity index (χ1) is 26.6. The lowest BCUT2D eigenvalue weighted by Gasteiger charge is -2.46. The molecule has 0 radical (unpaired) electrons. The molecule has 1 aliphatic carbocycles. The minimum Gasteiger partial charge on any atom is -0.481 e. The summed E-state index contributed by atoms with van der Waals surface area (Å²) < 4.78 is 17.8. The number of unbranched alkanes of at least 4 members (excludes halogenated alkanes) is 4. The molecule has 1 saturated carbocycles. The van der Waals surface area contributed by atoms with Gasteiger partial charge in [0, 0.05) is 19.1 Å². The van der Waals surface area contributed by atoms with E-state index in [1.807, 2.05) is 19.0 Å². The molecule has 0 aromatic heterocycles. The van der Waals surface area contributed by atoms with Gasteiger partial charge in [-0.3, -0.25) is 15.0 Å². The van der Waals surface area contributed by atoms with Crippen LogP contribution in [0.2, 0.25) is 0 Å². The van der Waals surface area contributed by atoms with Gasteiger partial charge in [-0.1, -0.05) is 129 Å². The van der Waals surface area contributed by atoms with Crippen molar-refractivity contribution in [1.29, 1.82) is 5.41 Å². The Labute approximate surface area is 359 Å². The normalized spacial score (nSPS) is 20.7. The van der Waals surface area contributed by atoms with Crippen LogP contribution in [0.5, 0.6) is 0 Å². The van der Waals surface area contributed by atoms with Crippen LogP contribution in [-0.4, -0.2) is 74.9 Å². The lowest BCUT2D eigenvalue weighted by atomic mass is 9.58. The van der Waals surface area contributed by atoms with E-state index in [0.717, 1.165) is 90.0 Å². The Morgan fingerprint density at radius 3 is 1.86 bits per heavy atom. The smallest absolute Gasteiger partial charge is 0.312 e. The Kier molecular flexibility index (Phi) is 21.5.